The molecule has 0 saturated carbocycles. The fourth-order valence-electron chi connectivity index (χ4n) is 1.15. The number of nitrogens with two attached hydrogens (primary N) is 1. The van der Waals surface area contributed by atoms with Crippen molar-refractivity contribution in [3.63, 3.8) is 0 Å². The van der Waals surface area contributed by atoms with E-state index in [4.69, 9.17) is 10.8 Å². The molecule has 0 amide bonds. The van der Waals surface area contributed by atoms with Crippen molar-refractivity contribution in [1.29, 1.82) is 0 Å². The van der Waals surface area contributed by atoms with Gasteiger partial charge in [-0.15, -0.1) is 0 Å². The molecule has 0 spiro atoms. The number of aliphatic hydroxyl groups excluding tert-OH is 1. The van der Waals surface area contributed by atoms with E-state index in [0.29, 0.717) is 5.56 Å². The van der Waals surface area contributed by atoms with Gasteiger partial charge in [0.2, 0.25) is 0 Å². The second-order valence-corrected chi connectivity index (χ2v) is 3.11. The maximum Gasteiger partial charge on any atom is 0.320 e. The van der Waals surface area contributed by atoms with Crippen molar-refractivity contribution < 1.29 is 15.0 Å². The molecule has 0 unspecified atom stereocenters. The van der Waals surface area contributed by atoms with Gasteiger partial charge in [0.25, 0.3) is 0 Å². The smallest absolute Gasteiger partial charge is 0.320 e. The molecule has 1 aromatic carbocycles. The first-order chi connectivity index (χ1) is 6.61. The van der Waals surface area contributed by atoms with Crippen LogP contribution >= 0.6 is 0 Å². The third-order valence-corrected chi connectivity index (χ3v) is 1.98. The molecular formula is C10H13NO3. The van der Waals surface area contributed by atoms with Gasteiger partial charge in [-0.2, -0.15) is 0 Å². The van der Waals surface area contributed by atoms with Crippen LogP contribution in [0.5, 0.6) is 0 Å². The van der Waals surface area contributed by atoms with Crippen molar-refractivity contribution in [3.05, 3.63) is 35.9 Å². The van der Waals surface area contributed by atoms with E-state index in [0.717, 1.165) is 0 Å². The summed E-state index contributed by atoms with van der Waals surface area (Å²) in [6.45, 7) is 0. The van der Waals surface area contributed by atoms with Crippen LogP contribution in [0, 0.1) is 0 Å². The molecule has 14 heavy (non-hydrogen) atoms. The molecule has 0 aliphatic heterocycles. The summed E-state index contributed by atoms with van der Waals surface area (Å²) < 4.78 is 0. The number of carboxylic acid groups (broad SMARTS) is 1. The summed E-state index contributed by atoms with van der Waals surface area (Å²) in [5.41, 5.74) is 5.98. The normalized spacial score (nSPS) is 14.7. The Bertz CT molecular complexity index is 299. The Kier molecular flexibility index (Phi) is 3.62. The van der Waals surface area contributed by atoms with Crippen LogP contribution in [0.3, 0.4) is 0 Å². The van der Waals surface area contributed by atoms with E-state index in [1.54, 1.807) is 24.3 Å². The molecule has 1 rings (SSSR count). The Morgan fingerprint density at radius 2 is 1.93 bits per heavy atom. The lowest BCUT2D eigenvalue weighted by molar-refractivity contribution is -0.139. The summed E-state index contributed by atoms with van der Waals surface area (Å²) >= 11 is 0. The molecule has 0 bridgehead atoms. The average Bonchev–Trinajstić information content (AvgIpc) is 2.19. The maximum atomic E-state index is 10.4. The van der Waals surface area contributed by atoms with Gasteiger partial charge in [-0.1, -0.05) is 30.3 Å². The van der Waals surface area contributed by atoms with Crippen LogP contribution in [0.2, 0.25) is 0 Å². The minimum absolute atomic E-state index is 0.0271. The fourth-order valence-corrected chi connectivity index (χ4v) is 1.15. The lowest BCUT2D eigenvalue weighted by atomic mass is 10.0. The molecule has 2 atom stereocenters. The Hall–Kier alpha value is -1.39. The van der Waals surface area contributed by atoms with Crippen molar-refractivity contribution in [2.75, 3.05) is 0 Å². The lowest BCUT2D eigenvalue weighted by Crippen LogP contribution is -2.31. The van der Waals surface area contributed by atoms with Crippen molar-refractivity contribution in [1.82, 2.24) is 0 Å². The molecule has 4 heteroatoms. The predicted octanol–water partition coefficient (Wildman–Crippen LogP) is 0.522. The van der Waals surface area contributed by atoms with Crippen LogP contribution in [0.15, 0.2) is 30.3 Å². The monoisotopic (exact) mass is 195 g/mol. The zero-order valence-electron chi connectivity index (χ0n) is 7.63. The molecule has 0 radical (unpaired) electrons. The van der Waals surface area contributed by atoms with Gasteiger partial charge in [-0.3, -0.25) is 4.79 Å². The van der Waals surface area contributed by atoms with Crippen molar-refractivity contribution in [3.8, 4) is 0 Å². The number of aliphatic carboxylic acids is 1. The average molecular weight is 195 g/mol. The van der Waals surface area contributed by atoms with Crippen molar-refractivity contribution in [2.45, 2.75) is 18.6 Å². The Morgan fingerprint density at radius 1 is 1.36 bits per heavy atom. The summed E-state index contributed by atoms with van der Waals surface area (Å²) in [7, 11) is 0. The van der Waals surface area contributed by atoms with Crippen LogP contribution in [0.25, 0.3) is 0 Å². The van der Waals surface area contributed by atoms with E-state index >= 15 is 0 Å². The van der Waals surface area contributed by atoms with Gasteiger partial charge >= 0.3 is 5.97 Å². The van der Waals surface area contributed by atoms with E-state index in [-0.39, 0.29) is 6.42 Å². The van der Waals surface area contributed by atoms with Gasteiger partial charge in [0, 0.05) is 6.42 Å². The van der Waals surface area contributed by atoms with Gasteiger partial charge in [-0.05, 0) is 5.56 Å². The zero-order chi connectivity index (χ0) is 10.6. The lowest BCUT2D eigenvalue weighted by Gasteiger charge is -2.13. The van der Waals surface area contributed by atoms with Gasteiger partial charge in [-0.25, -0.2) is 0 Å². The number of rotatable bonds is 4. The standard InChI is InChI=1S/C10H13NO3/c11-8(10(13)14)6-9(12)7-4-2-1-3-5-7/h1-5,8-9,12H,6,11H2,(H,13,14)/t8-,9-/m1/s1. The molecule has 0 fully saturated rings. The van der Waals surface area contributed by atoms with E-state index in [1.807, 2.05) is 6.07 Å². The maximum absolute atomic E-state index is 10.4. The molecular weight excluding hydrogens is 182 g/mol. The minimum Gasteiger partial charge on any atom is -0.480 e. The Balaban J connectivity index is 2.59. The highest BCUT2D eigenvalue weighted by molar-refractivity contribution is 5.73. The summed E-state index contributed by atoms with van der Waals surface area (Å²) in [6.07, 6.45) is -0.790. The molecule has 0 aliphatic rings. The largest absolute Gasteiger partial charge is 0.480 e. The fraction of sp³-hybridized carbons (Fsp3) is 0.300. The minimum atomic E-state index is -1.10. The van der Waals surface area contributed by atoms with E-state index in [2.05, 4.69) is 0 Å². The highest BCUT2D eigenvalue weighted by Crippen LogP contribution is 2.16. The van der Waals surface area contributed by atoms with E-state index < -0.39 is 18.1 Å². The van der Waals surface area contributed by atoms with Crippen molar-refractivity contribution >= 4 is 5.97 Å². The zero-order valence-corrected chi connectivity index (χ0v) is 7.63. The molecule has 0 aromatic heterocycles. The molecule has 0 saturated heterocycles. The topological polar surface area (TPSA) is 83.5 Å². The second-order valence-electron chi connectivity index (χ2n) is 3.11. The number of hydrogen-bond acceptors (Lipinski definition) is 3. The molecule has 0 aliphatic carbocycles. The Morgan fingerprint density at radius 3 is 2.43 bits per heavy atom. The highest BCUT2D eigenvalue weighted by atomic mass is 16.4. The van der Waals surface area contributed by atoms with Crippen LogP contribution in [0.4, 0.5) is 0 Å². The SMILES string of the molecule is N[C@H](C[C@@H](O)c1ccccc1)C(=O)O. The van der Waals surface area contributed by atoms with Crippen LogP contribution < -0.4 is 5.73 Å². The summed E-state index contributed by atoms with van der Waals surface area (Å²) in [5, 5.41) is 18.1. The van der Waals surface area contributed by atoms with Crippen LogP contribution in [-0.4, -0.2) is 22.2 Å². The summed E-state index contributed by atoms with van der Waals surface area (Å²) in [5.74, 6) is -1.10. The van der Waals surface area contributed by atoms with Gasteiger partial charge in [0.1, 0.15) is 6.04 Å². The number of aliphatic hydroxyl groups is 1. The Labute approximate surface area is 82.0 Å². The van der Waals surface area contributed by atoms with E-state index in [1.165, 1.54) is 0 Å². The third kappa shape index (κ3) is 2.83. The van der Waals surface area contributed by atoms with Gasteiger partial charge in [0.05, 0.1) is 6.10 Å². The van der Waals surface area contributed by atoms with E-state index in [9.17, 15) is 9.90 Å². The first kappa shape index (κ1) is 10.7. The molecule has 4 N–H and O–H groups in total. The van der Waals surface area contributed by atoms with Crippen LogP contribution in [0.1, 0.15) is 18.1 Å². The molecule has 76 valence electrons. The first-order valence-electron chi connectivity index (χ1n) is 4.32. The van der Waals surface area contributed by atoms with Crippen LogP contribution in [-0.2, 0) is 4.79 Å². The van der Waals surface area contributed by atoms with Gasteiger partial charge in [0.15, 0.2) is 0 Å². The molecule has 0 heterocycles. The third-order valence-electron chi connectivity index (χ3n) is 1.98. The predicted molar refractivity (Wildman–Crippen MR) is 51.6 cm³/mol. The number of benzene rings is 1. The molecule has 4 nitrogen and oxygen atoms in total. The van der Waals surface area contributed by atoms with Crippen molar-refractivity contribution in [2.24, 2.45) is 5.73 Å². The highest BCUT2D eigenvalue weighted by Gasteiger charge is 2.17. The molecule has 1 aromatic rings. The first-order valence-corrected chi connectivity index (χ1v) is 4.32. The summed E-state index contributed by atoms with van der Waals surface area (Å²) in [4.78, 5) is 10.4. The second kappa shape index (κ2) is 4.74. The summed E-state index contributed by atoms with van der Waals surface area (Å²) in [6, 6.07) is 7.84. The number of carbonyl (C=O) groups is 1. The number of hydrogen-bond donors (Lipinski definition) is 3. The van der Waals surface area contributed by atoms with Gasteiger partial charge < -0.3 is 15.9 Å². The quantitative estimate of drug-likeness (QED) is 0.654. The number of carboxylic acids is 1.